The first-order chi connectivity index (χ1) is 18.0. The van der Waals surface area contributed by atoms with Gasteiger partial charge in [0.05, 0.1) is 29.1 Å². The fourth-order valence-corrected chi connectivity index (χ4v) is 9.67. The largest absolute Gasteiger partial charge is 0.294 e. The van der Waals surface area contributed by atoms with Crippen molar-refractivity contribution in [2.75, 3.05) is 0 Å². The van der Waals surface area contributed by atoms with Crippen LogP contribution in [0.2, 0.25) is 0 Å². The molecule has 0 aliphatic carbocycles. The first-order valence-corrected chi connectivity index (χ1v) is 16.0. The van der Waals surface area contributed by atoms with Crippen LogP contribution >= 0.6 is 46.2 Å². The number of benzene rings is 3. The van der Waals surface area contributed by atoms with E-state index in [9.17, 15) is 9.59 Å². The molecule has 5 rings (SSSR count). The predicted molar refractivity (Wildman–Crippen MR) is 158 cm³/mol. The van der Waals surface area contributed by atoms with E-state index in [4.69, 9.17) is 0 Å². The first-order valence-electron chi connectivity index (χ1n) is 11.5. The number of thiophene rings is 2. The van der Waals surface area contributed by atoms with Crippen molar-refractivity contribution < 1.29 is 9.59 Å². The van der Waals surface area contributed by atoms with Gasteiger partial charge in [-0.2, -0.15) is 0 Å². The highest BCUT2D eigenvalue weighted by atomic mass is 32.2. The molecule has 37 heavy (non-hydrogen) atoms. The summed E-state index contributed by atoms with van der Waals surface area (Å²) >= 11 is 6.46. The van der Waals surface area contributed by atoms with Gasteiger partial charge in [0, 0.05) is 9.79 Å². The van der Waals surface area contributed by atoms with Gasteiger partial charge in [-0.1, -0.05) is 41.7 Å². The van der Waals surface area contributed by atoms with E-state index < -0.39 is 0 Å². The van der Waals surface area contributed by atoms with Crippen LogP contribution in [0.5, 0.6) is 0 Å². The second-order valence-corrected chi connectivity index (χ2v) is 15.1. The standard InChI is InChI=1S/C30H23O2S5/c1-20(31)27-16-18-29(35-27)33-22-8-12-25(13-9-22)37(24-6-4-3-5-7-24)26-14-10-23(11-15-26)34-30-19-17-28(36-30)21(2)32/h3-19H,1-2H3/q+1. The smallest absolute Gasteiger partial charge is 0.169 e. The molecule has 0 saturated carbocycles. The second kappa shape index (κ2) is 11.9. The average Bonchev–Trinajstić information content (AvgIpc) is 3.57. The van der Waals surface area contributed by atoms with Crippen molar-refractivity contribution in [3.8, 4) is 0 Å². The van der Waals surface area contributed by atoms with Crippen molar-refractivity contribution in [1.29, 1.82) is 0 Å². The Hall–Kier alpha value is -2.55. The molecule has 0 unspecified atom stereocenters. The molecule has 2 nitrogen and oxygen atoms in total. The Morgan fingerprint density at radius 1 is 0.541 bits per heavy atom. The SMILES string of the molecule is CC(=O)c1ccc(Sc2ccc([S+](c3ccccc3)c3ccc(Sc4ccc(C(C)=O)s4)cc3)cc2)s1. The van der Waals surface area contributed by atoms with E-state index in [0.29, 0.717) is 0 Å². The van der Waals surface area contributed by atoms with Gasteiger partial charge in [-0.3, -0.25) is 9.59 Å². The van der Waals surface area contributed by atoms with Crippen LogP contribution in [0.3, 0.4) is 0 Å². The number of carbonyl (C=O) groups excluding carboxylic acids is 2. The molecule has 5 aromatic rings. The maximum Gasteiger partial charge on any atom is 0.169 e. The van der Waals surface area contributed by atoms with Crippen molar-refractivity contribution in [2.24, 2.45) is 0 Å². The highest BCUT2D eigenvalue weighted by Gasteiger charge is 2.28. The molecular formula is C30H23O2S5+. The Balaban J connectivity index is 1.38. The van der Waals surface area contributed by atoms with Gasteiger partial charge in [-0.05, 0) is 98.8 Å². The van der Waals surface area contributed by atoms with Crippen molar-refractivity contribution in [1.82, 2.24) is 0 Å². The number of hydrogen-bond acceptors (Lipinski definition) is 6. The number of rotatable bonds is 9. The lowest BCUT2D eigenvalue weighted by Crippen LogP contribution is -2.04. The van der Waals surface area contributed by atoms with Crippen molar-refractivity contribution in [2.45, 2.75) is 46.7 Å². The number of hydrogen-bond donors (Lipinski definition) is 0. The van der Waals surface area contributed by atoms with Crippen molar-refractivity contribution in [3.63, 3.8) is 0 Å². The molecule has 2 heterocycles. The van der Waals surface area contributed by atoms with E-state index in [0.717, 1.165) is 28.0 Å². The molecule has 0 radical (unpaired) electrons. The monoisotopic (exact) mass is 575 g/mol. The van der Waals surface area contributed by atoms with Gasteiger partial charge in [-0.25, -0.2) is 0 Å². The quantitative estimate of drug-likeness (QED) is 0.129. The van der Waals surface area contributed by atoms with Crippen LogP contribution in [0.15, 0.2) is 136 Å². The first kappa shape index (κ1) is 26.1. The summed E-state index contributed by atoms with van der Waals surface area (Å²) in [4.78, 5) is 31.0. The van der Waals surface area contributed by atoms with Crippen LogP contribution in [-0.4, -0.2) is 11.6 Å². The lowest BCUT2D eigenvalue weighted by atomic mass is 10.3. The fourth-order valence-electron chi connectivity index (χ4n) is 3.61. The summed E-state index contributed by atoms with van der Waals surface area (Å²) in [5, 5.41) is 0. The van der Waals surface area contributed by atoms with Gasteiger partial charge >= 0.3 is 0 Å². The van der Waals surface area contributed by atoms with Crippen LogP contribution in [0.1, 0.15) is 33.2 Å². The zero-order valence-electron chi connectivity index (χ0n) is 20.2. The molecule has 0 spiro atoms. The molecule has 2 aromatic heterocycles. The zero-order valence-corrected chi connectivity index (χ0v) is 24.3. The molecule has 0 saturated heterocycles. The molecule has 0 atom stereocenters. The van der Waals surface area contributed by atoms with Gasteiger partial charge < -0.3 is 0 Å². The Morgan fingerprint density at radius 3 is 1.32 bits per heavy atom. The van der Waals surface area contributed by atoms with Gasteiger partial charge in [0.15, 0.2) is 26.3 Å². The summed E-state index contributed by atoms with van der Waals surface area (Å²) < 4.78 is 2.24. The van der Waals surface area contributed by atoms with E-state index in [-0.39, 0.29) is 22.5 Å². The average molecular weight is 576 g/mol. The lowest BCUT2D eigenvalue weighted by Gasteiger charge is -2.09. The topological polar surface area (TPSA) is 34.1 Å². The minimum Gasteiger partial charge on any atom is -0.294 e. The normalized spacial score (nSPS) is 11.1. The van der Waals surface area contributed by atoms with Crippen LogP contribution in [-0.2, 0) is 10.9 Å². The second-order valence-electron chi connectivity index (χ2n) is 8.12. The Bertz CT molecular complexity index is 1420. The lowest BCUT2D eigenvalue weighted by molar-refractivity contribution is 0.101. The van der Waals surface area contributed by atoms with E-state index in [1.807, 2.05) is 24.3 Å². The molecule has 0 aliphatic rings. The summed E-state index contributed by atoms with van der Waals surface area (Å²) in [5.41, 5.74) is 0. The molecule has 0 aliphatic heterocycles. The van der Waals surface area contributed by atoms with Gasteiger partial charge in [0.2, 0.25) is 0 Å². The molecule has 7 heteroatoms. The van der Waals surface area contributed by atoms with E-state index in [1.165, 1.54) is 14.7 Å². The zero-order chi connectivity index (χ0) is 25.8. The van der Waals surface area contributed by atoms with Gasteiger partial charge in [0.1, 0.15) is 0 Å². The molecule has 0 N–H and O–H groups in total. The molecule has 0 bridgehead atoms. The minimum atomic E-state index is -0.231. The third-order valence-corrected chi connectivity index (χ3v) is 12.3. The fraction of sp³-hybridized carbons (Fsp3) is 0.0667. The number of Topliss-reactive ketones (excluding diaryl/α,β-unsaturated/α-hetero) is 2. The van der Waals surface area contributed by atoms with Gasteiger partial charge in [0.25, 0.3) is 0 Å². The van der Waals surface area contributed by atoms with Crippen LogP contribution in [0.25, 0.3) is 0 Å². The molecule has 184 valence electrons. The van der Waals surface area contributed by atoms with E-state index in [1.54, 1.807) is 60.0 Å². The molecular weight excluding hydrogens is 553 g/mol. The molecule has 0 fully saturated rings. The van der Waals surface area contributed by atoms with E-state index in [2.05, 4.69) is 78.9 Å². The molecule has 3 aromatic carbocycles. The summed E-state index contributed by atoms with van der Waals surface area (Å²) in [7, 11) is -0.231. The summed E-state index contributed by atoms with van der Waals surface area (Å²) in [6, 6.07) is 36.0. The van der Waals surface area contributed by atoms with Crippen molar-refractivity contribution in [3.05, 3.63) is 113 Å². The maximum atomic E-state index is 11.6. The molecule has 0 amide bonds. The Morgan fingerprint density at radius 2 is 0.946 bits per heavy atom. The highest BCUT2D eigenvalue weighted by Crippen LogP contribution is 2.38. The highest BCUT2D eigenvalue weighted by molar-refractivity contribution is 8.01. The summed E-state index contributed by atoms with van der Waals surface area (Å²) in [6.45, 7) is 3.22. The number of ketones is 2. The van der Waals surface area contributed by atoms with E-state index >= 15 is 0 Å². The van der Waals surface area contributed by atoms with Crippen LogP contribution in [0, 0.1) is 0 Å². The van der Waals surface area contributed by atoms with Gasteiger partial charge in [-0.15, -0.1) is 22.7 Å². The summed E-state index contributed by atoms with van der Waals surface area (Å²) in [5.74, 6) is 0.222. The van der Waals surface area contributed by atoms with Crippen molar-refractivity contribution >= 4 is 68.7 Å². The summed E-state index contributed by atoms with van der Waals surface area (Å²) in [6.07, 6.45) is 0. The van der Waals surface area contributed by atoms with Crippen LogP contribution in [0.4, 0.5) is 0 Å². The maximum absolute atomic E-state index is 11.6. The predicted octanol–water partition coefficient (Wildman–Crippen LogP) is 9.61. The number of carbonyl (C=O) groups is 2. The Kier molecular flexibility index (Phi) is 8.37. The Labute approximate surface area is 236 Å². The minimum absolute atomic E-state index is 0.111. The third kappa shape index (κ3) is 6.48. The van der Waals surface area contributed by atoms with Crippen LogP contribution < -0.4 is 0 Å². The third-order valence-electron chi connectivity index (χ3n) is 5.39.